The van der Waals surface area contributed by atoms with E-state index in [1.165, 1.54) is 62.8 Å². The highest BCUT2D eigenvalue weighted by Gasteiger charge is 2.73. The highest BCUT2D eigenvalue weighted by molar-refractivity contribution is 6.26. The van der Waals surface area contributed by atoms with Crippen LogP contribution in [0.25, 0.3) is 0 Å². The number of amides is 4. The summed E-state index contributed by atoms with van der Waals surface area (Å²) in [5, 5.41) is 26.1. The highest BCUT2D eigenvalue weighted by atomic mass is 16.6. The average molecular weight is 705 g/mol. The zero-order chi connectivity index (χ0) is 36.6. The lowest BCUT2D eigenvalue weighted by atomic mass is 9.84. The van der Waals surface area contributed by atoms with E-state index in [-0.39, 0.29) is 22.7 Å². The van der Waals surface area contributed by atoms with Crippen molar-refractivity contribution in [1.29, 1.82) is 0 Å². The number of nitrogens with zero attached hydrogens (tertiary/aromatic N) is 6. The monoisotopic (exact) mass is 704 g/mol. The van der Waals surface area contributed by atoms with Crippen molar-refractivity contribution < 1.29 is 38.5 Å². The Hall–Kier alpha value is -6.52. The van der Waals surface area contributed by atoms with Gasteiger partial charge in [-0.1, -0.05) is 24.3 Å². The number of hydrogen-bond acceptors (Lipinski definition) is 12. The van der Waals surface area contributed by atoms with Crippen molar-refractivity contribution in [2.75, 3.05) is 24.0 Å². The predicted molar refractivity (Wildman–Crippen MR) is 181 cm³/mol. The molecule has 4 aliphatic heterocycles. The molecule has 4 saturated heterocycles. The minimum absolute atomic E-state index is 0.145. The van der Waals surface area contributed by atoms with Gasteiger partial charge < -0.3 is 9.47 Å². The normalized spacial score (nSPS) is 25.3. The smallest absolute Gasteiger partial charge is 0.269 e. The number of carbonyl (C=O) groups excluding carboxylic acids is 4. The Morgan fingerprint density at radius 1 is 0.481 bits per heavy atom. The average Bonchev–Trinajstić information content (AvgIpc) is 3.83. The van der Waals surface area contributed by atoms with Gasteiger partial charge in [-0.2, -0.15) is 0 Å². The first-order chi connectivity index (χ1) is 25.0. The van der Waals surface area contributed by atoms with Crippen LogP contribution in [0, 0.1) is 32.1 Å². The summed E-state index contributed by atoms with van der Waals surface area (Å²) in [5.41, 5.74) is 1.01. The number of rotatable bonds is 8. The van der Waals surface area contributed by atoms with Crippen LogP contribution in [0.5, 0.6) is 11.5 Å². The second-order valence-electron chi connectivity index (χ2n) is 12.7. The summed E-state index contributed by atoms with van der Waals surface area (Å²) < 4.78 is 10.7. The molecule has 6 unspecified atom stereocenters. The Bertz CT molecular complexity index is 2000. The zero-order valence-corrected chi connectivity index (χ0v) is 27.5. The molecule has 0 radical (unpaired) electrons. The van der Waals surface area contributed by atoms with Crippen LogP contribution in [0.15, 0.2) is 97.1 Å². The van der Waals surface area contributed by atoms with Crippen LogP contribution in [0.3, 0.4) is 0 Å². The van der Waals surface area contributed by atoms with E-state index in [4.69, 9.17) is 9.47 Å². The highest BCUT2D eigenvalue weighted by Crippen LogP contribution is 2.60. The number of imide groups is 2. The molecule has 262 valence electrons. The van der Waals surface area contributed by atoms with E-state index < -0.39 is 69.5 Å². The van der Waals surface area contributed by atoms with E-state index in [1.54, 1.807) is 58.5 Å². The predicted octanol–water partition coefficient (Wildman–Crippen LogP) is 3.97. The minimum atomic E-state index is -1.17. The third kappa shape index (κ3) is 4.68. The fraction of sp³-hybridized carbons (Fsp3) is 0.222. The summed E-state index contributed by atoms with van der Waals surface area (Å²) in [6.07, 6.45) is 0. The zero-order valence-electron chi connectivity index (χ0n) is 27.5. The molecule has 4 amide bonds. The quantitative estimate of drug-likeness (QED) is 0.146. The summed E-state index contributed by atoms with van der Waals surface area (Å²) in [6.45, 7) is 0. The molecule has 0 aromatic heterocycles. The summed E-state index contributed by atoms with van der Waals surface area (Å²) in [6, 6.07) is 19.8. The van der Waals surface area contributed by atoms with Gasteiger partial charge in [0.1, 0.15) is 23.6 Å². The summed E-state index contributed by atoms with van der Waals surface area (Å²) in [5.74, 6) is -3.44. The van der Waals surface area contributed by atoms with Crippen molar-refractivity contribution in [2.45, 2.75) is 24.2 Å². The molecule has 4 aromatic rings. The van der Waals surface area contributed by atoms with E-state index in [0.717, 1.165) is 9.80 Å². The van der Waals surface area contributed by atoms with Crippen molar-refractivity contribution in [3.63, 3.8) is 0 Å². The second-order valence-corrected chi connectivity index (χ2v) is 12.7. The molecule has 0 N–H and O–H groups in total. The molecule has 0 saturated carbocycles. The Morgan fingerprint density at radius 3 is 1.10 bits per heavy atom. The molecule has 4 fully saturated rings. The van der Waals surface area contributed by atoms with Gasteiger partial charge in [-0.15, -0.1) is 0 Å². The number of benzene rings is 4. The van der Waals surface area contributed by atoms with Gasteiger partial charge in [0.25, 0.3) is 23.2 Å². The molecular weight excluding hydrogens is 676 g/mol. The van der Waals surface area contributed by atoms with Gasteiger partial charge in [0.15, 0.2) is 0 Å². The number of ether oxygens (including phenoxy) is 2. The van der Waals surface area contributed by atoms with Gasteiger partial charge in [0.2, 0.25) is 11.8 Å². The third-order valence-electron chi connectivity index (χ3n) is 10.3. The lowest BCUT2D eigenvalue weighted by Gasteiger charge is -2.35. The molecule has 0 aliphatic carbocycles. The number of non-ortho nitro benzene ring substituents is 2. The van der Waals surface area contributed by atoms with Gasteiger partial charge in [0, 0.05) is 24.3 Å². The van der Waals surface area contributed by atoms with Crippen molar-refractivity contribution in [3.05, 3.63) is 128 Å². The van der Waals surface area contributed by atoms with Crippen LogP contribution in [0.2, 0.25) is 0 Å². The van der Waals surface area contributed by atoms with Crippen molar-refractivity contribution in [1.82, 2.24) is 10.0 Å². The molecule has 16 heteroatoms. The standard InChI is InChI=1S/C36H28N6O10/c1-51-25-15-3-19(4-16-25)29-27-31(35(45)37(33(27)43)21-7-11-23(12-8-21)41(47)48)40-30(20-5-17-26(52-2)18-6-20)28-32(39(29)40)36(46)38(34(28)44)22-9-13-24(14-10-22)42(49)50/h3-18,27-32H,1-2H3. The van der Waals surface area contributed by atoms with E-state index in [9.17, 15) is 39.4 Å². The van der Waals surface area contributed by atoms with E-state index in [1.807, 2.05) is 0 Å². The van der Waals surface area contributed by atoms with E-state index >= 15 is 0 Å². The molecule has 16 nitrogen and oxygen atoms in total. The molecule has 4 heterocycles. The molecule has 6 atom stereocenters. The van der Waals surface area contributed by atoms with Crippen molar-refractivity contribution in [3.8, 4) is 11.5 Å². The van der Waals surface area contributed by atoms with Crippen molar-refractivity contribution in [2.24, 2.45) is 11.8 Å². The lowest BCUT2D eigenvalue weighted by Crippen LogP contribution is -2.50. The number of hydrogen-bond donors (Lipinski definition) is 0. The Morgan fingerprint density at radius 2 is 0.808 bits per heavy atom. The first-order valence-electron chi connectivity index (χ1n) is 16.1. The Kier molecular flexibility index (Phi) is 7.58. The number of anilines is 2. The van der Waals surface area contributed by atoms with Crippen LogP contribution in [0.1, 0.15) is 23.2 Å². The molecular formula is C36H28N6O10. The van der Waals surface area contributed by atoms with Crippen LogP contribution < -0.4 is 19.3 Å². The summed E-state index contributed by atoms with van der Waals surface area (Å²) in [4.78, 5) is 81.9. The first kappa shape index (κ1) is 32.7. The van der Waals surface area contributed by atoms with Crippen LogP contribution >= 0.6 is 0 Å². The number of methoxy groups -OCH3 is 2. The third-order valence-corrected chi connectivity index (χ3v) is 10.3. The van der Waals surface area contributed by atoms with E-state index in [2.05, 4.69) is 0 Å². The molecule has 8 rings (SSSR count). The van der Waals surface area contributed by atoms with Gasteiger partial charge in [0.05, 0.1) is 59.4 Å². The summed E-state index contributed by atoms with van der Waals surface area (Å²) >= 11 is 0. The number of hydrazine groups is 1. The van der Waals surface area contributed by atoms with Gasteiger partial charge in [-0.05, 0) is 59.7 Å². The van der Waals surface area contributed by atoms with E-state index in [0.29, 0.717) is 22.6 Å². The molecule has 0 bridgehead atoms. The largest absolute Gasteiger partial charge is 0.497 e. The molecule has 0 spiro atoms. The molecule has 4 aliphatic rings. The summed E-state index contributed by atoms with van der Waals surface area (Å²) in [7, 11) is 3.01. The van der Waals surface area contributed by atoms with Gasteiger partial charge >= 0.3 is 0 Å². The topological polar surface area (TPSA) is 186 Å². The maximum absolute atomic E-state index is 14.6. The SMILES string of the molecule is COc1ccc(C2C3C(=O)N(c4ccc([N+](=O)[O-])cc4)C(=O)C3N3C(c4ccc(OC)cc4)C4C(=O)N(c5ccc([N+](=O)[O-])cc5)C(=O)C4N23)cc1. The first-order valence-corrected chi connectivity index (χ1v) is 16.1. The fourth-order valence-electron chi connectivity index (χ4n) is 8.06. The molecule has 52 heavy (non-hydrogen) atoms. The Balaban J connectivity index is 1.30. The van der Waals surface area contributed by atoms with Crippen LogP contribution in [-0.2, 0) is 19.2 Å². The second kappa shape index (κ2) is 12.1. The Labute approximate surface area is 294 Å². The van der Waals surface area contributed by atoms with Gasteiger partial charge in [-0.3, -0.25) is 39.4 Å². The van der Waals surface area contributed by atoms with Gasteiger partial charge in [-0.25, -0.2) is 19.8 Å². The fourth-order valence-corrected chi connectivity index (χ4v) is 8.06. The van der Waals surface area contributed by atoms with Crippen LogP contribution in [-0.4, -0.2) is 69.8 Å². The number of fused-ring (bicyclic) bond motifs is 5. The maximum Gasteiger partial charge on any atom is 0.269 e. The van der Waals surface area contributed by atoms with Crippen molar-refractivity contribution >= 4 is 46.4 Å². The lowest BCUT2D eigenvalue weighted by molar-refractivity contribution is -0.385. The number of carbonyl (C=O) groups is 4. The maximum atomic E-state index is 14.6. The minimum Gasteiger partial charge on any atom is -0.497 e. The van der Waals surface area contributed by atoms with Crippen LogP contribution in [0.4, 0.5) is 22.7 Å². The molecule has 4 aromatic carbocycles. The number of nitro groups is 2. The number of nitro benzene ring substituents is 2.